The molecule has 0 aromatic heterocycles. The van der Waals surface area contributed by atoms with E-state index in [1.807, 2.05) is 0 Å². The molecule has 0 amide bonds. The Bertz CT molecular complexity index is 182. The Morgan fingerprint density at radius 1 is 1.57 bits per heavy atom. The van der Waals surface area contributed by atoms with E-state index in [0.29, 0.717) is 6.42 Å². The second-order valence-corrected chi connectivity index (χ2v) is 2.85. The van der Waals surface area contributed by atoms with Crippen molar-refractivity contribution < 1.29 is 19.9 Å². The van der Waals surface area contributed by atoms with Crippen molar-refractivity contribution in [3.8, 4) is 0 Å². The van der Waals surface area contributed by atoms with Crippen molar-refractivity contribution >= 4 is 13.7 Å². The van der Waals surface area contributed by atoms with Gasteiger partial charge in [0, 0.05) is 13.6 Å². The number of carboxylic acids is 1. The highest BCUT2D eigenvalue weighted by Gasteiger charge is 2.28. The molecule has 0 aliphatic carbocycles. The molecule has 0 aromatic carbocycles. The summed E-state index contributed by atoms with van der Waals surface area (Å²) in [5.74, 6) is 4.70. The van der Waals surface area contributed by atoms with Crippen LogP contribution in [-0.4, -0.2) is 58.6 Å². The first kappa shape index (κ1) is 13.3. The monoisotopic (exact) mass is 204 g/mol. The maximum atomic E-state index is 10.6. The van der Waals surface area contributed by atoms with Crippen molar-refractivity contribution in [1.82, 2.24) is 10.1 Å². The van der Waals surface area contributed by atoms with Crippen LogP contribution in [0.4, 0.5) is 0 Å². The van der Waals surface area contributed by atoms with E-state index in [4.69, 9.17) is 21.0 Å². The minimum atomic E-state index is -0.803. The molecule has 1 aliphatic heterocycles. The Balaban J connectivity index is 0.000000500. The molecular formula is C6H15BN3O4. The first-order chi connectivity index (χ1) is 6.54. The molecule has 1 heterocycles. The van der Waals surface area contributed by atoms with Gasteiger partial charge in [-0.3, -0.25) is 10.6 Å². The smallest absolute Gasteiger partial charge is 0.480 e. The number of carboxylic acid groups (broad SMARTS) is 1. The average Bonchev–Trinajstić information content (AvgIpc) is 2.10. The lowest BCUT2D eigenvalue weighted by atomic mass is 10.1. The minimum absolute atomic E-state index is 0. The van der Waals surface area contributed by atoms with E-state index in [1.165, 1.54) is 5.12 Å². The molecule has 7 nitrogen and oxygen atoms in total. The van der Waals surface area contributed by atoms with Gasteiger partial charge in [-0.05, 0) is 12.8 Å². The summed E-state index contributed by atoms with van der Waals surface area (Å²) in [6.45, 7) is 0.736. The van der Waals surface area contributed by atoms with Gasteiger partial charge in [0.05, 0.1) is 0 Å². The van der Waals surface area contributed by atoms with Gasteiger partial charge < -0.3 is 15.2 Å². The molecule has 0 spiro atoms. The van der Waals surface area contributed by atoms with Crippen molar-refractivity contribution in [2.24, 2.45) is 5.84 Å². The molecule has 1 atom stereocenters. The van der Waals surface area contributed by atoms with Crippen LogP contribution in [0.2, 0.25) is 0 Å². The van der Waals surface area contributed by atoms with Gasteiger partial charge in [0.2, 0.25) is 0 Å². The molecule has 0 saturated carbocycles. The van der Waals surface area contributed by atoms with Gasteiger partial charge >= 0.3 is 13.7 Å². The Morgan fingerprint density at radius 3 is 2.43 bits per heavy atom. The van der Waals surface area contributed by atoms with Crippen LogP contribution in [0.3, 0.4) is 0 Å². The Morgan fingerprint density at radius 2 is 2.07 bits per heavy atom. The normalized spacial score (nSPS) is 23.6. The first-order valence-corrected chi connectivity index (χ1v) is 4.12. The van der Waals surface area contributed by atoms with Crippen LogP contribution in [-0.2, 0) is 4.79 Å². The van der Waals surface area contributed by atoms with Crippen LogP contribution in [0.15, 0.2) is 0 Å². The fraction of sp³-hybridized carbons (Fsp3) is 0.833. The lowest BCUT2D eigenvalue weighted by Crippen LogP contribution is -2.56. The van der Waals surface area contributed by atoms with Crippen molar-refractivity contribution in [3.63, 3.8) is 0 Å². The van der Waals surface area contributed by atoms with Gasteiger partial charge in [0.25, 0.3) is 0 Å². The zero-order chi connectivity index (χ0) is 11.1. The molecule has 81 valence electrons. The Labute approximate surface area is 83.0 Å². The largest absolute Gasteiger partial charge is 0.482 e. The van der Waals surface area contributed by atoms with Crippen LogP contribution in [0, 0.1) is 0 Å². The summed E-state index contributed by atoms with van der Waals surface area (Å²) in [5.41, 5.74) is 0. The van der Waals surface area contributed by atoms with E-state index in [-0.39, 0.29) is 7.69 Å². The van der Waals surface area contributed by atoms with E-state index in [9.17, 15) is 4.79 Å². The second kappa shape index (κ2) is 6.74. The van der Waals surface area contributed by atoms with Gasteiger partial charge in [-0.1, -0.05) is 0 Å². The zero-order valence-corrected chi connectivity index (χ0v) is 8.00. The van der Waals surface area contributed by atoms with E-state index in [2.05, 4.69) is 0 Å². The molecule has 1 fully saturated rings. The highest BCUT2D eigenvalue weighted by Crippen LogP contribution is 2.12. The quantitative estimate of drug-likeness (QED) is 0.282. The molecule has 1 unspecified atom stereocenters. The second-order valence-electron chi connectivity index (χ2n) is 2.85. The number of aliphatic carboxylic acids is 1. The highest BCUT2D eigenvalue weighted by atomic mass is 16.4. The molecule has 8 heteroatoms. The molecule has 1 radical (unpaired) electrons. The lowest BCUT2D eigenvalue weighted by molar-refractivity contribution is -0.156. The van der Waals surface area contributed by atoms with Gasteiger partial charge in [0.15, 0.2) is 0 Å². The van der Waals surface area contributed by atoms with Crippen molar-refractivity contribution in [1.29, 1.82) is 0 Å². The predicted octanol–water partition coefficient (Wildman–Crippen LogP) is -2.24. The summed E-state index contributed by atoms with van der Waals surface area (Å²) in [4.78, 5) is 10.6. The summed E-state index contributed by atoms with van der Waals surface area (Å²) >= 11 is 0. The fourth-order valence-electron chi connectivity index (χ4n) is 1.25. The maximum Gasteiger partial charge on any atom is 0.482 e. The maximum absolute atomic E-state index is 10.6. The van der Waals surface area contributed by atoms with Gasteiger partial charge in [-0.2, -0.15) is 5.12 Å². The number of hydrogen-bond acceptors (Lipinski definition) is 6. The Hall–Kier alpha value is -0.665. The third-order valence-corrected chi connectivity index (χ3v) is 2.01. The third kappa shape index (κ3) is 4.03. The molecular weight excluding hydrogens is 189 g/mol. The van der Waals surface area contributed by atoms with Gasteiger partial charge in [-0.25, -0.2) is 5.01 Å². The van der Waals surface area contributed by atoms with Crippen molar-refractivity contribution in [2.75, 3.05) is 13.6 Å². The van der Waals surface area contributed by atoms with Crippen molar-refractivity contribution in [2.45, 2.75) is 18.9 Å². The van der Waals surface area contributed by atoms with E-state index < -0.39 is 12.0 Å². The predicted molar refractivity (Wildman–Crippen MR) is 49.5 cm³/mol. The van der Waals surface area contributed by atoms with E-state index in [1.54, 1.807) is 12.1 Å². The summed E-state index contributed by atoms with van der Waals surface area (Å²) in [6.07, 6.45) is 1.53. The topological polar surface area (TPSA) is 110 Å². The third-order valence-electron chi connectivity index (χ3n) is 2.01. The number of hydrazine groups is 2. The van der Waals surface area contributed by atoms with Gasteiger partial charge in [-0.15, -0.1) is 0 Å². The summed E-state index contributed by atoms with van der Waals surface area (Å²) in [5, 5.41) is 25.7. The Kier molecular flexibility index (Phi) is 6.42. The molecule has 0 aromatic rings. The van der Waals surface area contributed by atoms with Crippen molar-refractivity contribution in [3.05, 3.63) is 0 Å². The molecule has 5 N–H and O–H groups in total. The van der Waals surface area contributed by atoms with Crippen LogP contribution < -0.4 is 5.84 Å². The van der Waals surface area contributed by atoms with Crippen LogP contribution in [0.25, 0.3) is 0 Å². The number of rotatable bonds is 1. The summed E-state index contributed by atoms with van der Waals surface area (Å²) < 4.78 is 0. The van der Waals surface area contributed by atoms with Crippen LogP contribution in [0.1, 0.15) is 12.8 Å². The standard InChI is InChI=1S/C6H13N3O2.BH2O2/c1-8-5(6(10)11)3-2-4-9(8)7;2-1-3/h5H,2-4,7H2,1H3,(H,10,11);2-3H. The average molecular weight is 204 g/mol. The minimum Gasteiger partial charge on any atom is -0.480 e. The number of nitrogens with two attached hydrogens (primary N) is 1. The SMILES string of the molecule is CN1C(C(=O)O)CCCN1N.O[B]O. The van der Waals surface area contributed by atoms with Crippen LogP contribution >= 0.6 is 0 Å². The van der Waals surface area contributed by atoms with Crippen LogP contribution in [0.5, 0.6) is 0 Å². The fourth-order valence-corrected chi connectivity index (χ4v) is 1.25. The number of hydrogen-bond donors (Lipinski definition) is 4. The number of carbonyl (C=O) groups is 1. The van der Waals surface area contributed by atoms with E-state index in [0.717, 1.165) is 13.0 Å². The van der Waals surface area contributed by atoms with Gasteiger partial charge in [0.1, 0.15) is 6.04 Å². The number of likely N-dealkylation sites (N-methyl/N-ethyl adjacent to an activating group) is 1. The summed E-state index contributed by atoms with van der Waals surface area (Å²) in [6, 6.07) is -0.450. The lowest BCUT2D eigenvalue weighted by Gasteiger charge is -2.36. The highest BCUT2D eigenvalue weighted by molar-refractivity contribution is 6.13. The zero-order valence-electron chi connectivity index (χ0n) is 8.00. The first-order valence-electron chi connectivity index (χ1n) is 4.12. The molecule has 1 saturated heterocycles. The van der Waals surface area contributed by atoms with E-state index >= 15 is 0 Å². The molecule has 14 heavy (non-hydrogen) atoms. The molecule has 1 aliphatic rings. The molecule has 0 bridgehead atoms. The molecule has 1 rings (SSSR count). The summed E-state index contributed by atoms with van der Waals surface area (Å²) in [7, 11) is 1.69. The number of nitrogens with zero attached hydrogens (tertiary/aromatic N) is 2.